The first-order chi connectivity index (χ1) is 7.79. The van der Waals surface area contributed by atoms with Gasteiger partial charge in [0.15, 0.2) is 5.16 Å². The Labute approximate surface area is 100 Å². The van der Waals surface area contributed by atoms with Crippen molar-refractivity contribution < 1.29 is 0 Å². The van der Waals surface area contributed by atoms with E-state index in [4.69, 9.17) is 11.0 Å². The fraction of sp³-hybridized carbons (Fsp3) is 0.700. The normalized spacial score (nSPS) is 10.3. The molecule has 0 aliphatic carbocycles. The Bertz CT molecular complexity index is 355. The Morgan fingerprint density at radius 2 is 2.25 bits per heavy atom. The van der Waals surface area contributed by atoms with Gasteiger partial charge in [0.25, 0.3) is 0 Å². The van der Waals surface area contributed by atoms with E-state index in [1.54, 1.807) is 11.8 Å². The third-order valence-corrected chi connectivity index (χ3v) is 3.22. The summed E-state index contributed by atoms with van der Waals surface area (Å²) in [5, 5.41) is 17.5. The van der Waals surface area contributed by atoms with Crippen LogP contribution in [0.25, 0.3) is 0 Å². The van der Waals surface area contributed by atoms with E-state index in [-0.39, 0.29) is 0 Å². The minimum atomic E-state index is 0.598. The van der Waals surface area contributed by atoms with Crippen molar-refractivity contribution in [2.24, 2.45) is 5.73 Å². The molecule has 0 bridgehead atoms. The van der Waals surface area contributed by atoms with Crippen LogP contribution in [0.3, 0.4) is 0 Å². The molecule has 2 N–H and O–H groups in total. The van der Waals surface area contributed by atoms with E-state index in [0.717, 1.165) is 36.1 Å². The third-order valence-electron chi connectivity index (χ3n) is 2.17. The van der Waals surface area contributed by atoms with Gasteiger partial charge in [0.2, 0.25) is 0 Å². The predicted octanol–water partition coefficient (Wildman–Crippen LogP) is 1.33. The summed E-state index contributed by atoms with van der Waals surface area (Å²) in [6, 6.07) is 2.14. The minimum absolute atomic E-state index is 0.598. The molecule has 5 nitrogen and oxygen atoms in total. The topological polar surface area (TPSA) is 80.5 Å². The second-order valence-electron chi connectivity index (χ2n) is 3.43. The molecule has 0 unspecified atom stereocenters. The zero-order valence-corrected chi connectivity index (χ0v) is 10.3. The summed E-state index contributed by atoms with van der Waals surface area (Å²) >= 11 is 1.68. The van der Waals surface area contributed by atoms with Gasteiger partial charge in [0.05, 0.1) is 6.07 Å². The van der Waals surface area contributed by atoms with Crippen LogP contribution in [0.4, 0.5) is 0 Å². The second-order valence-corrected chi connectivity index (χ2v) is 4.50. The molecule has 16 heavy (non-hydrogen) atoms. The molecule has 0 aliphatic heterocycles. The maximum atomic E-state index is 8.40. The molecule has 88 valence electrons. The van der Waals surface area contributed by atoms with Crippen molar-refractivity contribution in [1.29, 1.82) is 5.26 Å². The standard InChI is InChI=1S/C10H17N5S/c1-9-13-14-10(15(9)7-6-12)16-8-4-2-3-5-11/h2-4,6-8,12H2,1H3. The van der Waals surface area contributed by atoms with Crippen molar-refractivity contribution in [2.75, 3.05) is 12.3 Å². The summed E-state index contributed by atoms with van der Waals surface area (Å²) in [5.74, 6) is 1.88. The Morgan fingerprint density at radius 1 is 1.44 bits per heavy atom. The van der Waals surface area contributed by atoms with Crippen molar-refractivity contribution in [3.8, 4) is 6.07 Å². The number of unbranched alkanes of at least 4 members (excludes halogenated alkanes) is 2. The number of thioether (sulfide) groups is 1. The van der Waals surface area contributed by atoms with Crippen LogP contribution in [0.2, 0.25) is 0 Å². The maximum Gasteiger partial charge on any atom is 0.191 e. The van der Waals surface area contributed by atoms with Gasteiger partial charge in [-0.2, -0.15) is 5.26 Å². The molecule has 1 aromatic rings. The average molecular weight is 239 g/mol. The monoisotopic (exact) mass is 239 g/mol. The fourth-order valence-corrected chi connectivity index (χ4v) is 2.33. The summed E-state index contributed by atoms with van der Waals surface area (Å²) in [4.78, 5) is 0. The number of rotatable bonds is 7. The van der Waals surface area contributed by atoms with Gasteiger partial charge >= 0.3 is 0 Å². The molecule has 0 atom stereocenters. The van der Waals surface area contributed by atoms with Gasteiger partial charge in [-0.05, 0) is 19.8 Å². The largest absolute Gasteiger partial charge is 0.329 e. The molecular weight excluding hydrogens is 222 g/mol. The molecule has 0 aliphatic rings. The lowest BCUT2D eigenvalue weighted by Crippen LogP contribution is -2.12. The number of aromatic nitrogens is 3. The molecule has 0 saturated heterocycles. The molecule has 1 aromatic heterocycles. The van der Waals surface area contributed by atoms with Gasteiger partial charge in [-0.3, -0.25) is 0 Å². The number of aryl methyl sites for hydroxylation is 1. The quantitative estimate of drug-likeness (QED) is 0.573. The second kappa shape index (κ2) is 7.25. The Kier molecular flexibility index (Phi) is 5.90. The molecular formula is C10H17N5S. The zero-order valence-electron chi connectivity index (χ0n) is 9.52. The number of nitrogens with zero attached hydrogens (tertiary/aromatic N) is 4. The molecule has 6 heteroatoms. The van der Waals surface area contributed by atoms with E-state index in [1.165, 1.54) is 0 Å². The smallest absolute Gasteiger partial charge is 0.191 e. The van der Waals surface area contributed by atoms with Crippen LogP contribution in [0.1, 0.15) is 25.1 Å². The Hall–Kier alpha value is -1.06. The molecule has 0 fully saturated rings. The molecule has 1 heterocycles. The van der Waals surface area contributed by atoms with Crippen molar-refractivity contribution >= 4 is 11.8 Å². The van der Waals surface area contributed by atoms with Crippen LogP contribution in [-0.2, 0) is 6.54 Å². The Morgan fingerprint density at radius 3 is 2.94 bits per heavy atom. The van der Waals surface area contributed by atoms with Crippen LogP contribution in [0.15, 0.2) is 5.16 Å². The SMILES string of the molecule is Cc1nnc(SCCCCC#N)n1CCN. The molecule has 1 rings (SSSR count). The van der Waals surface area contributed by atoms with Crippen LogP contribution in [0, 0.1) is 18.3 Å². The van der Waals surface area contributed by atoms with E-state index in [9.17, 15) is 0 Å². The summed E-state index contributed by atoms with van der Waals surface area (Å²) in [6.45, 7) is 3.29. The molecule has 0 saturated carbocycles. The van der Waals surface area contributed by atoms with E-state index in [1.807, 2.05) is 11.5 Å². The number of nitriles is 1. The Balaban J connectivity index is 2.38. The first-order valence-electron chi connectivity index (χ1n) is 5.39. The highest BCUT2D eigenvalue weighted by Gasteiger charge is 2.07. The van der Waals surface area contributed by atoms with E-state index < -0.39 is 0 Å². The lowest BCUT2D eigenvalue weighted by Gasteiger charge is -2.05. The number of hydrogen-bond acceptors (Lipinski definition) is 5. The van der Waals surface area contributed by atoms with Crippen molar-refractivity contribution in [2.45, 2.75) is 37.9 Å². The number of hydrogen-bond donors (Lipinski definition) is 1. The average Bonchev–Trinajstić information content (AvgIpc) is 2.62. The van der Waals surface area contributed by atoms with Gasteiger partial charge in [-0.25, -0.2) is 0 Å². The zero-order chi connectivity index (χ0) is 11.8. The van der Waals surface area contributed by atoms with Gasteiger partial charge in [0.1, 0.15) is 5.82 Å². The highest BCUT2D eigenvalue weighted by Crippen LogP contribution is 2.18. The van der Waals surface area contributed by atoms with Crippen molar-refractivity contribution in [3.63, 3.8) is 0 Å². The van der Waals surface area contributed by atoms with Gasteiger partial charge in [-0.15, -0.1) is 10.2 Å². The lowest BCUT2D eigenvalue weighted by molar-refractivity contribution is 0.627. The first-order valence-corrected chi connectivity index (χ1v) is 6.37. The summed E-state index contributed by atoms with van der Waals surface area (Å²) < 4.78 is 2.04. The van der Waals surface area contributed by atoms with Crippen molar-refractivity contribution in [1.82, 2.24) is 14.8 Å². The molecule has 0 aromatic carbocycles. The summed E-state index contributed by atoms with van der Waals surface area (Å²) in [5.41, 5.74) is 5.53. The van der Waals surface area contributed by atoms with Gasteiger partial charge < -0.3 is 10.3 Å². The molecule has 0 amide bonds. The van der Waals surface area contributed by atoms with E-state index >= 15 is 0 Å². The summed E-state index contributed by atoms with van der Waals surface area (Å²) in [6.07, 6.45) is 2.62. The van der Waals surface area contributed by atoms with Crippen LogP contribution < -0.4 is 5.73 Å². The lowest BCUT2D eigenvalue weighted by atomic mass is 10.3. The highest BCUT2D eigenvalue weighted by molar-refractivity contribution is 7.99. The minimum Gasteiger partial charge on any atom is -0.329 e. The predicted molar refractivity (Wildman–Crippen MR) is 64.0 cm³/mol. The van der Waals surface area contributed by atoms with E-state index in [2.05, 4.69) is 16.3 Å². The molecule has 0 radical (unpaired) electrons. The van der Waals surface area contributed by atoms with Crippen LogP contribution in [-0.4, -0.2) is 27.1 Å². The third kappa shape index (κ3) is 3.83. The number of nitrogens with two attached hydrogens (primary N) is 1. The maximum absolute atomic E-state index is 8.40. The van der Waals surface area contributed by atoms with Gasteiger partial charge in [0, 0.05) is 25.3 Å². The first kappa shape index (κ1) is 13.0. The van der Waals surface area contributed by atoms with Crippen molar-refractivity contribution in [3.05, 3.63) is 5.82 Å². The van der Waals surface area contributed by atoms with Gasteiger partial charge in [-0.1, -0.05) is 11.8 Å². The molecule has 0 spiro atoms. The summed E-state index contributed by atoms with van der Waals surface area (Å²) in [7, 11) is 0. The van der Waals surface area contributed by atoms with Crippen LogP contribution in [0.5, 0.6) is 0 Å². The highest BCUT2D eigenvalue weighted by atomic mass is 32.2. The fourth-order valence-electron chi connectivity index (χ4n) is 1.32. The van der Waals surface area contributed by atoms with E-state index in [0.29, 0.717) is 13.0 Å². The van der Waals surface area contributed by atoms with Crippen LogP contribution >= 0.6 is 11.8 Å².